The first kappa shape index (κ1) is 13.1. The lowest BCUT2D eigenvalue weighted by molar-refractivity contribution is -0.120. The first-order chi connectivity index (χ1) is 9.72. The number of carbonyl (C=O) groups excluding carboxylic acids is 1. The van der Waals surface area contributed by atoms with Crippen molar-refractivity contribution in [3.8, 4) is 6.07 Å². The van der Waals surface area contributed by atoms with Gasteiger partial charge < -0.3 is 10.2 Å². The van der Waals surface area contributed by atoms with Gasteiger partial charge in [0.2, 0.25) is 5.91 Å². The molecule has 0 bridgehead atoms. The average molecular weight is 269 g/mol. The van der Waals surface area contributed by atoms with Crippen molar-refractivity contribution in [1.29, 1.82) is 5.26 Å². The van der Waals surface area contributed by atoms with Crippen LogP contribution in [0.1, 0.15) is 24.8 Å². The highest BCUT2D eigenvalue weighted by Gasteiger charge is 2.43. The highest BCUT2D eigenvalue weighted by Crippen LogP contribution is 2.38. The number of amides is 1. The number of fused-ring (bicyclic) bond motifs is 1. The third-order valence-electron chi connectivity index (χ3n) is 4.73. The number of nitriles is 1. The fraction of sp³-hybridized carbons (Fsp3) is 0.500. The average Bonchev–Trinajstić information content (AvgIpc) is 3.08. The highest BCUT2D eigenvalue weighted by atomic mass is 16.2. The highest BCUT2D eigenvalue weighted by molar-refractivity contribution is 5.98. The van der Waals surface area contributed by atoms with Gasteiger partial charge in [-0.3, -0.25) is 4.79 Å². The molecule has 0 radical (unpaired) electrons. The van der Waals surface area contributed by atoms with E-state index in [0.717, 1.165) is 13.0 Å². The minimum Gasteiger partial charge on any atom is -0.313 e. The normalized spacial score (nSPS) is 27.9. The number of rotatable bonds is 2. The number of anilines is 1. The van der Waals surface area contributed by atoms with Crippen molar-refractivity contribution in [3.05, 3.63) is 29.8 Å². The van der Waals surface area contributed by atoms with Crippen LogP contribution in [0.15, 0.2) is 24.3 Å². The van der Waals surface area contributed by atoms with Crippen LogP contribution < -0.4 is 10.2 Å². The van der Waals surface area contributed by atoms with Gasteiger partial charge in [0.15, 0.2) is 0 Å². The van der Waals surface area contributed by atoms with E-state index in [1.807, 2.05) is 18.2 Å². The Morgan fingerprint density at radius 2 is 2.20 bits per heavy atom. The summed E-state index contributed by atoms with van der Waals surface area (Å²) >= 11 is 0. The molecular formula is C16H19N3O. The molecule has 4 heteroatoms. The van der Waals surface area contributed by atoms with Crippen LogP contribution in [0.4, 0.5) is 5.69 Å². The number of likely N-dealkylation sites (N-methyl/N-ethyl adjacent to an activating group) is 1. The van der Waals surface area contributed by atoms with Crippen molar-refractivity contribution >= 4 is 11.6 Å². The number of hydrogen-bond acceptors (Lipinski definition) is 3. The van der Waals surface area contributed by atoms with Crippen LogP contribution in [0.5, 0.6) is 0 Å². The van der Waals surface area contributed by atoms with Crippen LogP contribution in [0.3, 0.4) is 0 Å². The second-order valence-electron chi connectivity index (χ2n) is 5.77. The number of nitrogens with zero attached hydrogens (tertiary/aromatic N) is 2. The fourth-order valence-electron chi connectivity index (χ4n) is 3.65. The van der Waals surface area contributed by atoms with E-state index in [1.165, 1.54) is 12.8 Å². The van der Waals surface area contributed by atoms with E-state index in [4.69, 9.17) is 5.26 Å². The molecule has 104 valence electrons. The predicted octanol–water partition coefficient (Wildman–Crippen LogP) is 1.91. The van der Waals surface area contributed by atoms with Crippen molar-refractivity contribution in [2.45, 2.75) is 25.3 Å². The third-order valence-corrected chi connectivity index (χ3v) is 4.73. The lowest BCUT2D eigenvalue weighted by atomic mass is 9.93. The monoisotopic (exact) mass is 269 g/mol. The molecule has 20 heavy (non-hydrogen) atoms. The fourth-order valence-corrected chi connectivity index (χ4v) is 3.65. The molecule has 1 aromatic carbocycles. The van der Waals surface area contributed by atoms with Gasteiger partial charge in [-0.2, -0.15) is 5.26 Å². The zero-order valence-corrected chi connectivity index (χ0v) is 11.7. The second-order valence-corrected chi connectivity index (χ2v) is 5.77. The summed E-state index contributed by atoms with van der Waals surface area (Å²) in [5.74, 6) is 1.21. The molecule has 4 nitrogen and oxygen atoms in total. The molecule has 3 rings (SSSR count). The van der Waals surface area contributed by atoms with Gasteiger partial charge in [-0.1, -0.05) is 18.6 Å². The molecular weight excluding hydrogens is 250 g/mol. The smallest absolute Gasteiger partial charge is 0.244 e. The summed E-state index contributed by atoms with van der Waals surface area (Å²) in [6.45, 7) is 0.953. The van der Waals surface area contributed by atoms with E-state index in [9.17, 15) is 4.79 Å². The second kappa shape index (κ2) is 5.26. The van der Waals surface area contributed by atoms with Gasteiger partial charge in [-0.25, -0.2) is 0 Å². The SMILES string of the molecule is CN(C(=O)C1NCC2CCCC21)c1ccccc1C#N. The van der Waals surface area contributed by atoms with Gasteiger partial charge in [0.1, 0.15) is 6.07 Å². The van der Waals surface area contributed by atoms with Gasteiger partial charge >= 0.3 is 0 Å². The Morgan fingerprint density at radius 3 is 3.00 bits per heavy atom. The molecule has 1 aromatic rings. The Morgan fingerprint density at radius 1 is 1.40 bits per heavy atom. The van der Waals surface area contributed by atoms with E-state index in [0.29, 0.717) is 23.1 Å². The summed E-state index contributed by atoms with van der Waals surface area (Å²) < 4.78 is 0. The van der Waals surface area contributed by atoms with Crippen molar-refractivity contribution in [2.75, 3.05) is 18.5 Å². The van der Waals surface area contributed by atoms with Crippen LogP contribution in [0.2, 0.25) is 0 Å². The van der Waals surface area contributed by atoms with Crippen LogP contribution >= 0.6 is 0 Å². The molecule has 1 amide bonds. The molecule has 1 saturated heterocycles. The third kappa shape index (κ3) is 2.08. The molecule has 2 aliphatic rings. The van der Waals surface area contributed by atoms with E-state index in [2.05, 4.69) is 11.4 Å². The van der Waals surface area contributed by atoms with Gasteiger partial charge in [0.25, 0.3) is 0 Å². The van der Waals surface area contributed by atoms with E-state index >= 15 is 0 Å². The Kier molecular flexibility index (Phi) is 3.45. The van der Waals surface area contributed by atoms with Gasteiger partial charge in [-0.15, -0.1) is 0 Å². The molecule has 2 fully saturated rings. The van der Waals surface area contributed by atoms with Crippen molar-refractivity contribution < 1.29 is 4.79 Å². The molecule has 1 aliphatic heterocycles. The molecule has 1 aliphatic carbocycles. The first-order valence-corrected chi connectivity index (χ1v) is 7.22. The number of benzene rings is 1. The molecule has 1 heterocycles. The van der Waals surface area contributed by atoms with Gasteiger partial charge in [-0.05, 0) is 43.4 Å². The summed E-state index contributed by atoms with van der Waals surface area (Å²) in [5.41, 5.74) is 1.24. The number of hydrogen-bond donors (Lipinski definition) is 1. The molecule has 0 aromatic heterocycles. The lowest BCUT2D eigenvalue weighted by Gasteiger charge is -2.25. The Balaban J connectivity index is 1.82. The standard InChI is InChI=1S/C16H19N3O/c1-19(14-8-3-2-5-11(14)9-17)16(20)15-13-7-4-6-12(13)10-18-15/h2-3,5,8,12-13,15,18H,4,6-7,10H2,1H3. The summed E-state index contributed by atoms with van der Waals surface area (Å²) in [6, 6.07) is 9.33. The summed E-state index contributed by atoms with van der Waals surface area (Å²) in [5, 5.41) is 12.5. The summed E-state index contributed by atoms with van der Waals surface area (Å²) in [6.07, 6.45) is 3.61. The van der Waals surface area contributed by atoms with E-state index in [-0.39, 0.29) is 11.9 Å². The topological polar surface area (TPSA) is 56.1 Å². The predicted molar refractivity (Wildman–Crippen MR) is 77.2 cm³/mol. The van der Waals surface area contributed by atoms with Gasteiger partial charge in [0, 0.05) is 7.05 Å². The number of nitrogens with one attached hydrogen (secondary N) is 1. The van der Waals surface area contributed by atoms with Crippen LogP contribution in [0, 0.1) is 23.2 Å². The molecule has 3 unspecified atom stereocenters. The van der Waals surface area contributed by atoms with Crippen molar-refractivity contribution in [1.82, 2.24) is 5.32 Å². The Labute approximate surface area is 119 Å². The van der Waals surface area contributed by atoms with Crippen LogP contribution in [-0.2, 0) is 4.79 Å². The number of carbonyl (C=O) groups is 1. The van der Waals surface area contributed by atoms with Gasteiger partial charge in [0.05, 0.1) is 17.3 Å². The van der Waals surface area contributed by atoms with Crippen molar-refractivity contribution in [3.63, 3.8) is 0 Å². The molecule has 1 saturated carbocycles. The maximum absolute atomic E-state index is 12.7. The summed E-state index contributed by atoms with van der Waals surface area (Å²) in [7, 11) is 1.77. The zero-order chi connectivity index (χ0) is 14.1. The largest absolute Gasteiger partial charge is 0.313 e. The summed E-state index contributed by atoms with van der Waals surface area (Å²) in [4.78, 5) is 14.3. The van der Waals surface area contributed by atoms with Crippen LogP contribution in [0.25, 0.3) is 0 Å². The molecule has 1 N–H and O–H groups in total. The minimum atomic E-state index is -0.0840. The Bertz CT molecular complexity index is 563. The lowest BCUT2D eigenvalue weighted by Crippen LogP contribution is -2.45. The maximum Gasteiger partial charge on any atom is 0.244 e. The quantitative estimate of drug-likeness (QED) is 0.892. The van der Waals surface area contributed by atoms with Crippen molar-refractivity contribution in [2.24, 2.45) is 11.8 Å². The van der Waals surface area contributed by atoms with E-state index < -0.39 is 0 Å². The molecule has 0 spiro atoms. The molecule has 3 atom stereocenters. The van der Waals surface area contributed by atoms with E-state index in [1.54, 1.807) is 18.0 Å². The van der Waals surface area contributed by atoms with Crippen LogP contribution in [-0.4, -0.2) is 25.5 Å². The zero-order valence-electron chi connectivity index (χ0n) is 11.7. The minimum absolute atomic E-state index is 0.0840. The first-order valence-electron chi connectivity index (χ1n) is 7.22. The maximum atomic E-state index is 12.7. The number of para-hydroxylation sites is 1. The Hall–Kier alpha value is -1.86.